The number of benzene rings is 1. The first kappa shape index (κ1) is 10.9. The maximum absolute atomic E-state index is 11.4. The van der Waals surface area contributed by atoms with Crippen LogP contribution < -0.4 is 0 Å². The predicted molar refractivity (Wildman–Crippen MR) is 58.5 cm³/mol. The second-order valence-corrected chi connectivity index (χ2v) is 6.42. The summed E-state index contributed by atoms with van der Waals surface area (Å²) in [5, 5.41) is -0.665. The van der Waals surface area contributed by atoms with E-state index in [1.807, 2.05) is 24.3 Å². The number of hydrogen-bond donors (Lipinski definition) is 0. The van der Waals surface area contributed by atoms with Crippen molar-refractivity contribution in [2.45, 2.75) is 17.8 Å². The molecule has 82 valence electrons. The molecule has 1 aliphatic rings. The summed E-state index contributed by atoms with van der Waals surface area (Å²) in [5.41, 5.74) is 1.92. The summed E-state index contributed by atoms with van der Waals surface area (Å²) in [6.07, 6.45) is -0.00995. The van der Waals surface area contributed by atoms with Crippen molar-refractivity contribution in [1.82, 2.24) is 0 Å². The molecule has 0 bridgehead atoms. The standard InChI is InChI=1S/C10H11ClO3S/c1-14-10-8-5-3-2-4-7(8)6-9(10)15(11,12)13/h2-5,9-10H,6H2,1H3/t9-,10+/m0/s1. The van der Waals surface area contributed by atoms with Crippen LogP contribution in [0.15, 0.2) is 24.3 Å². The van der Waals surface area contributed by atoms with Crippen LogP contribution in [-0.4, -0.2) is 20.8 Å². The van der Waals surface area contributed by atoms with E-state index in [1.165, 1.54) is 7.11 Å². The Hall–Kier alpha value is -0.580. The molecule has 0 radical (unpaired) electrons. The minimum absolute atomic E-state index is 0.431. The SMILES string of the molecule is CO[C@@H]1c2ccccc2C[C@@H]1S(=O)(=O)Cl. The third-order valence-electron chi connectivity index (χ3n) is 2.74. The van der Waals surface area contributed by atoms with Gasteiger partial charge in [-0.25, -0.2) is 8.42 Å². The topological polar surface area (TPSA) is 43.4 Å². The van der Waals surface area contributed by atoms with Crippen molar-refractivity contribution in [3.05, 3.63) is 35.4 Å². The highest BCUT2D eigenvalue weighted by molar-refractivity contribution is 8.14. The number of rotatable bonds is 2. The maximum atomic E-state index is 11.4. The van der Waals surface area contributed by atoms with Gasteiger partial charge < -0.3 is 4.74 Å². The lowest BCUT2D eigenvalue weighted by molar-refractivity contribution is 0.108. The van der Waals surface area contributed by atoms with Gasteiger partial charge in [-0.2, -0.15) is 0 Å². The highest BCUT2D eigenvalue weighted by Crippen LogP contribution is 2.38. The van der Waals surface area contributed by atoms with E-state index < -0.39 is 20.4 Å². The molecule has 0 saturated heterocycles. The second-order valence-electron chi connectivity index (χ2n) is 3.57. The number of halogens is 1. The summed E-state index contributed by atoms with van der Waals surface area (Å²) in [5.74, 6) is 0. The van der Waals surface area contributed by atoms with Gasteiger partial charge in [0.05, 0.1) is 0 Å². The van der Waals surface area contributed by atoms with Crippen molar-refractivity contribution in [3.8, 4) is 0 Å². The van der Waals surface area contributed by atoms with Crippen LogP contribution in [0.25, 0.3) is 0 Å². The maximum Gasteiger partial charge on any atom is 0.238 e. The van der Waals surface area contributed by atoms with E-state index in [-0.39, 0.29) is 0 Å². The Balaban J connectivity index is 2.46. The van der Waals surface area contributed by atoms with Gasteiger partial charge in [0.15, 0.2) is 0 Å². The van der Waals surface area contributed by atoms with E-state index in [9.17, 15) is 8.42 Å². The van der Waals surface area contributed by atoms with Crippen molar-refractivity contribution in [1.29, 1.82) is 0 Å². The van der Waals surface area contributed by atoms with Crippen molar-refractivity contribution < 1.29 is 13.2 Å². The van der Waals surface area contributed by atoms with Gasteiger partial charge in [0.1, 0.15) is 11.4 Å². The number of ether oxygens (including phenoxy) is 1. The van der Waals surface area contributed by atoms with Gasteiger partial charge in [0.2, 0.25) is 9.05 Å². The van der Waals surface area contributed by atoms with Crippen molar-refractivity contribution in [2.24, 2.45) is 0 Å². The summed E-state index contributed by atoms with van der Waals surface area (Å²) in [6, 6.07) is 7.54. The minimum atomic E-state index is -3.58. The van der Waals surface area contributed by atoms with E-state index >= 15 is 0 Å². The molecule has 0 amide bonds. The first-order valence-electron chi connectivity index (χ1n) is 4.58. The Morgan fingerprint density at radius 3 is 2.67 bits per heavy atom. The highest BCUT2D eigenvalue weighted by atomic mass is 35.7. The van der Waals surface area contributed by atoms with Crippen LogP contribution >= 0.6 is 10.7 Å². The molecule has 1 aliphatic carbocycles. The lowest BCUT2D eigenvalue weighted by atomic mass is 10.1. The van der Waals surface area contributed by atoms with E-state index in [1.54, 1.807) is 0 Å². The molecule has 2 atom stereocenters. The van der Waals surface area contributed by atoms with E-state index in [2.05, 4.69) is 0 Å². The zero-order valence-electron chi connectivity index (χ0n) is 8.18. The highest BCUT2D eigenvalue weighted by Gasteiger charge is 2.40. The molecule has 3 nitrogen and oxygen atoms in total. The van der Waals surface area contributed by atoms with Gasteiger partial charge in [-0.1, -0.05) is 24.3 Å². The van der Waals surface area contributed by atoms with Crippen molar-refractivity contribution in [2.75, 3.05) is 7.11 Å². The van der Waals surface area contributed by atoms with Crippen molar-refractivity contribution >= 4 is 19.7 Å². The Labute approximate surface area is 93.4 Å². The van der Waals surface area contributed by atoms with Crippen LogP contribution in [-0.2, 0) is 20.2 Å². The fourth-order valence-electron chi connectivity index (χ4n) is 2.05. The Bertz CT molecular complexity index is 469. The first-order chi connectivity index (χ1) is 7.04. The molecule has 0 aromatic heterocycles. The third kappa shape index (κ3) is 1.89. The van der Waals surface area contributed by atoms with E-state index in [0.29, 0.717) is 6.42 Å². The third-order valence-corrected chi connectivity index (χ3v) is 4.56. The number of hydrogen-bond acceptors (Lipinski definition) is 3. The number of fused-ring (bicyclic) bond motifs is 1. The van der Waals surface area contributed by atoms with Gasteiger partial charge in [-0.05, 0) is 17.5 Å². The molecule has 0 fully saturated rings. The minimum Gasteiger partial charge on any atom is -0.375 e. The van der Waals surface area contributed by atoms with Gasteiger partial charge in [0, 0.05) is 17.8 Å². The van der Waals surface area contributed by atoms with Crippen LogP contribution in [0.1, 0.15) is 17.2 Å². The molecule has 0 heterocycles. The monoisotopic (exact) mass is 246 g/mol. The summed E-state index contributed by atoms with van der Waals surface area (Å²) in [4.78, 5) is 0. The van der Waals surface area contributed by atoms with Crippen LogP contribution in [0.2, 0.25) is 0 Å². The fourth-order valence-corrected chi connectivity index (χ4v) is 3.45. The molecule has 2 rings (SSSR count). The molecule has 1 aromatic carbocycles. The quantitative estimate of drug-likeness (QED) is 0.749. The molecule has 0 aliphatic heterocycles. The zero-order chi connectivity index (χ0) is 11.1. The largest absolute Gasteiger partial charge is 0.375 e. The van der Waals surface area contributed by atoms with Gasteiger partial charge >= 0.3 is 0 Å². The summed E-state index contributed by atoms with van der Waals surface area (Å²) in [6.45, 7) is 0. The normalized spacial score (nSPS) is 25.2. The number of methoxy groups -OCH3 is 1. The average Bonchev–Trinajstić information content (AvgIpc) is 2.55. The molecular weight excluding hydrogens is 236 g/mol. The Kier molecular flexibility index (Phi) is 2.75. The second kappa shape index (κ2) is 3.77. The van der Waals surface area contributed by atoms with Gasteiger partial charge in [0.25, 0.3) is 0 Å². The molecule has 0 spiro atoms. The summed E-state index contributed by atoms with van der Waals surface area (Å²) >= 11 is 0. The van der Waals surface area contributed by atoms with Crippen LogP contribution in [0.5, 0.6) is 0 Å². The van der Waals surface area contributed by atoms with Crippen LogP contribution in [0.3, 0.4) is 0 Å². The molecule has 15 heavy (non-hydrogen) atoms. The Morgan fingerprint density at radius 1 is 1.40 bits per heavy atom. The fraction of sp³-hybridized carbons (Fsp3) is 0.400. The van der Waals surface area contributed by atoms with Gasteiger partial charge in [-0.3, -0.25) is 0 Å². The predicted octanol–water partition coefficient (Wildman–Crippen LogP) is 1.87. The van der Waals surface area contributed by atoms with Crippen LogP contribution in [0, 0.1) is 0 Å². The molecule has 1 aromatic rings. The van der Waals surface area contributed by atoms with Crippen molar-refractivity contribution in [3.63, 3.8) is 0 Å². The summed E-state index contributed by atoms with van der Waals surface area (Å²) < 4.78 is 27.9. The zero-order valence-corrected chi connectivity index (χ0v) is 9.75. The molecule has 0 saturated carbocycles. The lowest BCUT2D eigenvalue weighted by Gasteiger charge is -2.15. The molecule has 0 unspecified atom stereocenters. The lowest BCUT2D eigenvalue weighted by Crippen LogP contribution is -2.22. The van der Waals surface area contributed by atoms with E-state index in [0.717, 1.165) is 11.1 Å². The van der Waals surface area contributed by atoms with E-state index in [4.69, 9.17) is 15.4 Å². The molecule has 0 N–H and O–H groups in total. The average molecular weight is 247 g/mol. The molecular formula is C10H11ClO3S. The smallest absolute Gasteiger partial charge is 0.238 e. The van der Waals surface area contributed by atoms with Crippen LogP contribution in [0.4, 0.5) is 0 Å². The van der Waals surface area contributed by atoms with Gasteiger partial charge in [-0.15, -0.1) is 0 Å². The first-order valence-corrected chi connectivity index (χ1v) is 6.95. The summed E-state index contributed by atoms with van der Waals surface area (Å²) in [7, 11) is 3.31. The molecule has 5 heteroatoms. The Morgan fingerprint density at radius 2 is 2.07 bits per heavy atom.